The Labute approximate surface area is 187 Å². The number of hydrogen-bond acceptors (Lipinski definition) is 3. The first-order valence-electron chi connectivity index (χ1n) is 9.51. The highest BCUT2D eigenvalue weighted by atomic mass is 127. The van der Waals surface area contributed by atoms with Gasteiger partial charge in [-0.05, 0) is 28.5 Å². The molecule has 29 heavy (non-hydrogen) atoms. The van der Waals surface area contributed by atoms with Crippen LogP contribution in [0.5, 0.6) is 0 Å². The van der Waals surface area contributed by atoms with Crippen LogP contribution < -0.4 is 5.32 Å². The highest BCUT2D eigenvalue weighted by Gasteiger charge is 2.25. The quantitative estimate of drug-likeness (QED) is 0.337. The number of carbonyl (C=O) groups is 1. The lowest BCUT2D eigenvalue weighted by Crippen LogP contribution is -2.53. The number of rotatable bonds is 3. The van der Waals surface area contributed by atoms with Crippen LogP contribution >= 0.6 is 24.0 Å². The highest BCUT2D eigenvalue weighted by molar-refractivity contribution is 14.0. The second-order valence-electron chi connectivity index (χ2n) is 6.80. The lowest BCUT2D eigenvalue weighted by Gasteiger charge is -2.36. The first kappa shape index (κ1) is 21.2. The number of guanidine groups is 1. The van der Waals surface area contributed by atoms with Crippen molar-refractivity contribution in [3.8, 4) is 0 Å². The third-order valence-corrected chi connectivity index (χ3v) is 5.13. The van der Waals surface area contributed by atoms with Crippen LogP contribution in [0.4, 0.5) is 0 Å². The van der Waals surface area contributed by atoms with Gasteiger partial charge in [0.1, 0.15) is 0 Å². The predicted molar refractivity (Wildman–Crippen MR) is 126 cm³/mol. The molecule has 1 aromatic heterocycles. The summed E-state index contributed by atoms with van der Waals surface area (Å²) < 4.78 is 5.23. The molecule has 4 rings (SSSR count). The largest absolute Gasteiger partial charge is 0.459 e. The second kappa shape index (κ2) is 9.78. The Morgan fingerprint density at radius 3 is 2.45 bits per heavy atom. The molecule has 1 aliphatic rings. The van der Waals surface area contributed by atoms with E-state index in [9.17, 15) is 4.79 Å². The number of hydrogen-bond donors (Lipinski definition) is 1. The summed E-state index contributed by atoms with van der Waals surface area (Å²) in [7, 11) is 1.80. The first-order chi connectivity index (χ1) is 13.8. The zero-order valence-corrected chi connectivity index (χ0v) is 18.7. The van der Waals surface area contributed by atoms with Crippen molar-refractivity contribution < 1.29 is 9.21 Å². The number of piperazine rings is 1. The molecule has 0 saturated carbocycles. The summed E-state index contributed by atoms with van der Waals surface area (Å²) >= 11 is 0. The molecule has 1 amide bonds. The maximum absolute atomic E-state index is 12.4. The highest BCUT2D eigenvalue weighted by Crippen LogP contribution is 2.18. The van der Waals surface area contributed by atoms with Crippen LogP contribution in [-0.2, 0) is 6.54 Å². The Balaban J connectivity index is 0.00000240. The van der Waals surface area contributed by atoms with Gasteiger partial charge >= 0.3 is 0 Å². The van der Waals surface area contributed by atoms with E-state index in [0.29, 0.717) is 25.4 Å². The van der Waals surface area contributed by atoms with Gasteiger partial charge in [-0.2, -0.15) is 0 Å². The van der Waals surface area contributed by atoms with Gasteiger partial charge in [-0.1, -0.05) is 42.5 Å². The molecule has 2 aromatic carbocycles. The van der Waals surface area contributed by atoms with Crippen LogP contribution in [0.1, 0.15) is 16.1 Å². The van der Waals surface area contributed by atoms with Crippen LogP contribution in [0, 0.1) is 0 Å². The van der Waals surface area contributed by atoms with Crippen LogP contribution in [0.3, 0.4) is 0 Å². The Morgan fingerprint density at radius 2 is 1.72 bits per heavy atom. The summed E-state index contributed by atoms with van der Waals surface area (Å²) in [5, 5.41) is 5.96. The molecule has 0 spiro atoms. The molecule has 0 aliphatic carbocycles. The topological polar surface area (TPSA) is 61.1 Å². The van der Waals surface area contributed by atoms with E-state index in [1.54, 1.807) is 19.2 Å². The molecule has 0 unspecified atom stereocenters. The number of nitrogens with zero attached hydrogens (tertiary/aromatic N) is 3. The molecular formula is C22H25IN4O2. The SMILES string of the molecule is CN=C(NCc1cccc2ccccc12)N1CCN(C(=O)c2ccco2)CC1.I. The van der Waals surface area contributed by atoms with E-state index in [-0.39, 0.29) is 29.9 Å². The first-order valence-corrected chi connectivity index (χ1v) is 9.51. The predicted octanol–water partition coefficient (Wildman–Crippen LogP) is 3.58. The van der Waals surface area contributed by atoms with Gasteiger partial charge in [0, 0.05) is 39.8 Å². The number of nitrogens with one attached hydrogen (secondary N) is 1. The van der Waals surface area contributed by atoms with E-state index in [1.165, 1.54) is 22.6 Å². The molecule has 1 saturated heterocycles. The molecule has 0 radical (unpaired) electrons. The number of benzene rings is 2. The standard InChI is InChI=1S/C22H24N4O2.HI/c1-23-22(24-16-18-8-4-7-17-6-2-3-9-19(17)18)26-13-11-25(12-14-26)21(27)20-10-5-15-28-20;/h2-10,15H,11-14,16H2,1H3,(H,23,24);1H. The molecule has 0 bridgehead atoms. The van der Waals surface area contributed by atoms with E-state index >= 15 is 0 Å². The fraction of sp³-hybridized carbons (Fsp3) is 0.273. The number of aliphatic imine (C=N–C) groups is 1. The maximum Gasteiger partial charge on any atom is 0.289 e. The Morgan fingerprint density at radius 1 is 1.00 bits per heavy atom. The van der Waals surface area contributed by atoms with Crippen molar-refractivity contribution in [2.75, 3.05) is 33.2 Å². The van der Waals surface area contributed by atoms with Crippen molar-refractivity contribution in [1.29, 1.82) is 0 Å². The third kappa shape index (κ3) is 4.72. The number of halogens is 1. The monoisotopic (exact) mass is 504 g/mol. The molecule has 6 nitrogen and oxygen atoms in total. The van der Waals surface area contributed by atoms with E-state index in [0.717, 1.165) is 19.0 Å². The molecule has 0 atom stereocenters. The van der Waals surface area contributed by atoms with Gasteiger partial charge in [0.05, 0.1) is 6.26 Å². The van der Waals surface area contributed by atoms with Gasteiger partial charge in [-0.25, -0.2) is 0 Å². The normalized spacial score (nSPS) is 14.6. The number of amides is 1. The maximum atomic E-state index is 12.4. The summed E-state index contributed by atoms with van der Waals surface area (Å²) in [5.74, 6) is 1.20. The van der Waals surface area contributed by atoms with Crippen molar-refractivity contribution in [3.63, 3.8) is 0 Å². The van der Waals surface area contributed by atoms with Gasteiger partial charge in [0.15, 0.2) is 11.7 Å². The van der Waals surface area contributed by atoms with E-state index in [1.807, 2.05) is 4.90 Å². The van der Waals surface area contributed by atoms with E-state index in [4.69, 9.17) is 4.42 Å². The van der Waals surface area contributed by atoms with E-state index < -0.39 is 0 Å². The Hall–Kier alpha value is -2.55. The van der Waals surface area contributed by atoms with Gasteiger partial charge < -0.3 is 19.5 Å². The van der Waals surface area contributed by atoms with Gasteiger partial charge in [0.25, 0.3) is 5.91 Å². The third-order valence-electron chi connectivity index (χ3n) is 5.13. The average Bonchev–Trinajstić information content (AvgIpc) is 3.29. The minimum absolute atomic E-state index is 0. The van der Waals surface area contributed by atoms with Gasteiger partial charge in [-0.3, -0.25) is 9.79 Å². The number of fused-ring (bicyclic) bond motifs is 1. The minimum Gasteiger partial charge on any atom is -0.459 e. The summed E-state index contributed by atoms with van der Waals surface area (Å²) in [6.07, 6.45) is 1.53. The molecule has 3 aromatic rings. The lowest BCUT2D eigenvalue weighted by atomic mass is 10.0. The van der Waals surface area contributed by atoms with Crippen molar-refractivity contribution >= 4 is 46.6 Å². The molecule has 1 aliphatic heterocycles. The lowest BCUT2D eigenvalue weighted by molar-refractivity contribution is 0.0657. The smallest absolute Gasteiger partial charge is 0.289 e. The second-order valence-corrected chi connectivity index (χ2v) is 6.80. The van der Waals surface area contributed by atoms with Crippen LogP contribution in [0.15, 0.2) is 70.3 Å². The minimum atomic E-state index is -0.0525. The Bertz CT molecular complexity index is 974. The summed E-state index contributed by atoms with van der Waals surface area (Å²) in [5.41, 5.74) is 1.24. The summed E-state index contributed by atoms with van der Waals surface area (Å²) in [6.45, 7) is 3.48. The summed E-state index contributed by atoms with van der Waals surface area (Å²) in [6, 6.07) is 18.2. The Kier molecular flexibility index (Phi) is 7.13. The average molecular weight is 504 g/mol. The zero-order chi connectivity index (χ0) is 19.3. The van der Waals surface area contributed by atoms with Crippen LogP contribution in [-0.4, -0.2) is 54.9 Å². The molecule has 152 valence electrons. The molecule has 1 fully saturated rings. The van der Waals surface area contributed by atoms with Crippen molar-refractivity contribution in [1.82, 2.24) is 15.1 Å². The number of carbonyl (C=O) groups excluding carboxylic acids is 1. The summed E-state index contributed by atoms with van der Waals surface area (Å²) in [4.78, 5) is 20.9. The van der Waals surface area contributed by atoms with Crippen molar-refractivity contribution in [3.05, 3.63) is 72.2 Å². The van der Waals surface area contributed by atoms with Crippen molar-refractivity contribution in [2.45, 2.75) is 6.54 Å². The van der Waals surface area contributed by atoms with E-state index in [2.05, 4.69) is 57.7 Å². The molecule has 7 heteroatoms. The van der Waals surface area contributed by atoms with Crippen LogP contribution in [0.25, 0.3) is 10.8 Å². The van der Waals surface area contributed by atoms with Crippen molar-refractivity contribution in [2.24, 2.45) is 4.99 Å². The fourth-order valence-electron chi connectivity index (χ4n) is 3.63. The van der Waals surface area contributed by atoms with Gasteiger partial charge in [-0.15, -0.1) is 24.0 Å². The fourth-order valence-corrected chi connectivity index (χ4v) is 3.63. The van der Waals surface area contributed by atoms with Gasteiger partial charge in [0.2, 0.25) is 0 Å². The van der Waals surface area contributed by atoms with Crippen LogP contribution in [0.2, 0.25) is 0 Å². The molecule has 1 N–H and O–H groups in total. The number of furan rings is 1. The molecule has 2 heterocycles. The molecular weight excluding hydrogens is 479 g/mol. The zero-order valence-electron chi connectivity index (χ0n) is 16.4.